The molecule has 0 radical (unpaired) electrons. The van der Waals surface area contributed by atoms with Gasteiger partial charge in [0.15, 0.2) is 0 Å². The molecule has 1 aromatic heterocycles. The van der Waals surface area contributed by atoms with Crippen LogP contribution in [0.4, 0.5) is 0 Å². The monoisotopic (exact) mass is 269 g/mol. The quantitative estimate of drug-likeness (QED) is 0.833. The van der Waals surface area contributed by atoms with Crippen LogP contribution in [-0.2, 0) is 13.2 Å². The van der Waals surface area contributed by atoms with Crippen LogP contribution in [0, 0.1) is 0 Å². The minimum absolute atomic E-state index is 0.0161. The maximum atomic E-state index is 8.96. The first-order valence-electron chi connectivity index (χ1n) is 6.87. The van der Waals surface area contributed by atoms with Crippen LogP contribution < -0.4 is 5.32 Å². The van der Waals surface area contributed by atoms with E-state index in [9.17, 15) is 0 Å². The molecule has 1 saturated carbocycles. The van der Waals surface area contributed by atoms with Crippen molar-refractivity contribution in [1.29, 1.82) is 0 Å². The van der Waals surface area contributed by atoms with Gasteiger partial charge in [0.05, 0.1) is 6.54 Å². The van der Waals surface area contributed by atoms with Crippen LogP contribution in [0.25, 0.3) is 0 Å². The Morgan fingerprint density at radius 1 is 1.33 bits per heavy atom. The summed E-state index contributed by atoms with van der Waals surface area (Å²) in [6.07, 6.45) is 5.30. The molecule has 0 aliphatic heterocycles. The fourth-order valence-corrected chi connectivity index (χ4v) is 3.80. The summed E-state index contributed by atoms with van der Waals surface area (Å²) in [5.74, 6) is 2.76. The number of aliphatic hydroxyl groups excluding tert-OH is 1. The van der Waals surface area contributed by atoms with Gasteiger partial charge in [-0.2, -0.15) is 11.8 Å². The number of hydrogen-bond acceptors (Lipinski definition) is 4. The van der Waals surface area contributed by atoms with Gasteiger partial charge in [0.1, 0.15) is 18.1 Å². The molecule has 1 aliphatic carbocycles. The summed E-state index contributed by atoms with van der Waals surface area (Å²) in [6.45, 7) is 2.99. The van der Waals surface area contributed by atoms with E-state index < -0.39 is 0 Å². The lowest BCUT2D eigenvalue weighted by Crippen LogP contribution is -2.40. The molecule has 0 amide bonds. The van der Waals surface area contributed by atoms with Crippen molar-refractivity contribution >= 4 is 11.8 Å². The van der Waals surface area contributed by atoms with Gasteiger partial charge in [-0.15, -0.1) is 0 Å². The Bertz CT molecular complexity index is 351. The van der Waals surface area contributed by atoms with Crippen molar-refractivity contribution in [3.05, 3.63) is 23.7 Å². The van der Waals surface area contributed by atoms with Crippen molar-refractivity contribution in [2.75, 3.05) is 5.75 Å². The third-order valence-electron chi connectivity index (χ3n) is 3.49. The molecule has 2 atom stereocenters. The fourth-order valence-electron chi connectivity index (χ4n) is 2.58. The standard InChI is InChI=1S/C14H23NO2S/c1-2-18-14-6-4-3-5-13(14)15-9-11-7-8-12(10-16)17-11/h7-8,13-16H,2-6,9-10H2,1H3/t13-,14-/m1/s1. The largest absolute Gasteiger partial charge is 0.462 e. The molecule has 0 saturated heterocycles. The van der Waals surface area contributed by atoms with Crippen molar-refractivity contribution in [3.63, 3.8) is 0 Å². The van der Waals surface area contributed by atoms with Crippen LogP contribution in [0.5, 0.6) is 0 Å². The molecule has 4 heteroatoms. The van der Waals surface area contributed by atoms with Crippen molar-refractivity contribution in [3.8, 4) is 0 Å². The second-order valence-electron chi connectivity index (χ2n) is 4.79. The van der Waals surface area contributed by atoms with E-state index in [1.54, 1.807) is 0 Å². The van der Waals surface area contributed by atoms with Crippen LogP contribution in [0.15, 0.2) is 16.5 Å². The van der Waals surface area contributed by atoms with Gasteiger partial charge in [-0.3, -0.25) is 0 Å². The second kappa shape index (κ2) is 7.22. The Morgan fingerprint density at radius 3 is 2.83 bits per heavy atom. The maximum Gasteiger partial charge on any atom is 0.129 e. The van der Waals surface area contributed by atoms with Gasteiger partial charge in [-0.25, -0.2) is 0 Å². The second-order valence-corrected chi connectivity index (χ2v) is 6.31. The molecule has 2 rings (SSSR count). The third-order valence-corrected chi connectivity index (χ3v) is 4.82. The number of aliphatic hydroxyl groups is 1. The van der Waals surface area contributed by atoms with Crippen LogP contribution in [0.2, 0.25) is 0 Å². The van der Waals surface area contributed by atoms with E-state index in [0.29, 0.717) is 11.8 Å². The molecule has 3 nitrogen and oxygen atoms in total. The maximum absolute atomic E-state index is 8.96. The molecular formula is C14H23NO2S. The molecule has 0 spiro atoms. The van der Waals surface area contributed by atoms with Gasteiger partial charge in [-0.05, 0) is 30.7 Å². The van der Waals surface area contributed by atoms with E-state index in [-0.39, 0.29) is 6.61 Å². The normalized spacial score (nSPS) is 24.3. The summed E-state index contributed by atoms with van der Waals surface area (Å²) in [5.41, 5.74) is 0. The van der Waals surface area contributed by atoms with Gasteiger partial charge in [0.25, 0.3) is 0 Å². The minimum atomic E-state index is -0.0161. The molecule has 102 valence electrons. The highest BCUT2D eigenvalue weighted by molar-refractivity contribution is 7.99. The molecule has 1 aliphatic rings. The van der Waals surface area contributed by atoms with E-state index in [1.165, 1.54) is 31.4 Å². The summed E-state index contributed by atoms with van der Waals surface area (Å²) in [6, 6.07) is 4.39. The molecule has 1 fully saturated rings. The van der Waals surface area contributed by atoms with Crippen LogP contribution in [0.1, 0.15) is 44.1 Å². The smallest absolute Gasteiger partial charge is 0.129 e. The Morgan fingerprint density at radius 2 is 2.11 bits per heavy atom. The van der Waals surface area contributed by atoms with Crippen molar-refractivity contribution in [2.24, 2.45) is 0 Å². The van der Waals surface area contributed by atoms with Crippen LogP contribution in [0.3, 0.4) is 0 Å². The first-order valence-corrected chi connectivity index (χ1v) is 7.91. The summed E-state index contributed by atoms with van der Waals surface area (Å²) in [7, 11) is 0. The molecular weight excluding hydrogens is 246 g/mol. The lowest BCUT2D eigenvalue weighted by Gasteiger charge is -2.31. The predicted octanol–water partition coefficient (Wildman–Crippen LogP) is 2.93. The number of furan rings is 1. The van der Waals surface area contributed by atoms with Crippen molar-refractivity contribution < 1.29 is 9.52 Å². The van der Waals surface area contributed by atoms with E-state index in [1.807, 2.05) is 12.1 Å². The van der Waals surface area contributed by atoms with Gasteiger partial charge >= 0.3 is 0 Å². The Labute approximate surface area is 113 Å². The highest BCUT2D eigenvalue weighted by atomic mass is 32.2. The lowest BCUT2D eigenvalue weighted by molar-refractivity contribution is 0.241. The highest BCUT2D eigenvalue weighted by Gasteiger charge is 2.24. The lowest BCUT2D eigenvalue weighted by atomic mass is 9.95. The zero-order valence-electron chi connectivity index (χ0n) is 11.0. The SMILES string of the molecule is CCS[C@@H]1CCCC[C@H]1NCc1ccc(CO)o1. The zero-order chi connectivity index (χ0) is 12.8. The summed E-state index contributed by atoms with van der Waals surface area (Å²) < 4.78 is 5.50. The highest BCUT2D eigenvalue weighted by Crippen LogP contribution is 2.28. The van der Waals surface area contributed by atoms with E-state index in [0.717, 1.165) is 17.6 Å². The molecule has 18 heavy (non-hydrogen) atoms. The first-order chi connectivity index (χ1) is 8.83. The first kappa shape index (κ1) is 14.0. The number of rotatable bonds is 6. The number of thioether (sulfide) groups is 1. The third kappa shape index (κ3) is 3.77. The van der Waals surface area contributed by atoms with E-state index in [2.05, 4.69) is 24.0 Å². The van der Waals surface area contributed by atoms with Gasteiger partial charge in [-0.1, -0.05) is 19.8 Å². The van der Waals surface area contributed by atoms with Crippen LogP contribution in [-0.4, -0.2) is 22.2 Å². The summed E-state index contributed by atoms with van der Waals surface area (Å²) >= 11 is 2.07. The molecule has 0 unspecified atom stereocenters. The topological polar surface area (TPSA) is 45.4 Å². The molecule has 0 bridgehead atoms. The molecule has 1 heterocycles. The predicted molar refractivity (Wildman–Crippen MR) is 75.6 cm³/mol. The van der Waals surface area contributed by atoms with E-state index in [4.69, 9.17) is 9.52 Å². The number of hydrogen-bond donors (Lipinski definition) is 2. The van der Waals surface area contributed by atoms with E-state index >= 15 is 0 Å². The summed E-state index contributed by atoms with van der Waals surface area (Å²) in [4.78, 5) is 0. The Balaban J connectivity index is 1.83. The molecule has 2 N–H and O–H groups in total. The summed E-state index contributed by atoms with van der Waals surface area (Å²) in [5, 5.41) is 13.3. The van der Waals surface area contributed by atoms with Gasteiger partial charge in [0, 0.05) is 11.3 Å². The van der Waals surface area contributed by atoms with Crippen LogP contribution >= 0.6 is 11.8 Å². The molecule has 1 aromatic rings. The fraction of sp³-hybridized carbons (Fsp3) is 0.714. The average molecular weight is 269 g/mol. The van der Waals surface area contributed by atoms with Gasteiger partial charge in [0.2, 0.25) is 0 Å². The van der Waals surface area contributed by atoms with Crippen molar-refractivity contribution in [2.45, 2.75) is 57.1 Å². The molecule has 0 aromatic carbocycles. The number of nitrogens with one attached hydrogen (secondary N) is 1. The zero-order valence-corrected chi connectivity index (χ0v) is 11.8. The van der Waals surface area contributed by atoms with Crippen molar-refractivity contribution in [1.82, 2.24) is 5.32 Å². The van der Waals surface area contributed by atoms with Gasteiger partial charge < -0.3 is 14.8 Å². The Hall–Kier alpha value is -0.450. The average Bonchev–Trinajstić information content (AvgIpc) is 2.86. The minimum Gasteiger partial charge on any atom is -0.462 e. The Kier molecular flexibility index (Phi) is 5.60.